The number of nitro groups is 1. The molecule has 4 aromatic carbocycles. The minimum Gasteiger partial charge on any atom is -0.497 e. The summed E-state index contributed by atoms with van der Waals surface area (Å²) < 4.78 is 40.6. The molecule has 0 fully saturated rings. The Kier molecular flexibility index (Phi) is 12.4. The Balaban J connectivity index is 1.90. The van der Waals surface area contributed by atoms with Gasteiger partial charge in [-0.05, 0) is 68.3 Å². The molecular formula is C36H39ClN4O8S. The van der Waals surface area contributed by atoms with Gasteiger partial charge in [-0.15, -0.1) is 0 Å². The predicted octanol–water partition coefficient (Wildman–Crippen LogP) is 5.93. The number of aryl methyl sites for hydroxylation is 1. The van der Waals surface area contributed by atoms with Crippen LogP contribution in [0.3, 0.4) is 0 Å². The molecule has 1 N–H and O–H groups in total. The highest BCUT2D eigenvalue weighted by Crippen LogP contribution is 2.36. The summed E-state index contributed by atoms with van der Waals surface area (Å²) in [5.74, 6) is -0.580. The third-order valence-electron chi connectivity index (χ3n) is 7.84. The van der Waals surface area contributed by atoms with Gasteiger partial charge in [-0.25, -0.2) is 8.42 Å². The van der Waals surface area contributed by atoms with Crippen LogP contribution in [0.5, 0.6) is 11.5 Å². The Morgan fingerprint density at radius 1 is 0.920 bits per heavy atom. The maximum Gasteiger partial charge on any atom is 0.273 e. The number of rotatable bonds is 15. The van der Waals surface area contributed by atoms with Crippen molar-refractivity contribution in [1.82, 2.24) is 10.2 Å². The summed E-state index contributed by atoms with van der Waals surface area (Å²) in [5, 5.41) is 14.8. The van der Waals surface area contributed by atoms with Crippen LogP contribution in [0, 0.1) is 17.0 Å². The summed E-state index contributed by atoms with van der Waals surface area (Å²) in [5.41, 5.74) is 1.15. The molecular weight excluding hydrogens is 684 g/mol. The zero-order chi connectivity index (χ0) is 36.6. The number of hydrogen-bond acceptors (Lipinski definition) is 8. The monoisotopic (exact) mass is 722 g/mol. The number of halogens is 1. The number of benzene rings is 4. The second kappa shape index (κ2) is 16.5. The highest BCUT2D eigenvalue weighted by atomic mass is 35.5. The minimum atomic E-state index is -4.69. The topological polar surface area (TPSA) is 148 Å². The third kappa shape index (κ3) is 9.10. The standard InChI is InChI=1S/C36H39ClN4O8S/c1-24(2)38-36(43)33(19-26-10-7-6-8-11-26)39(22-27-12-9-13-29(18-27)48-4)35(42)23-40(32-20-28(37)15-17-34(32)49-5)50(46,47)30-16-14-25(3)31(21-30)41(44)45/h6-18,20-21,24,33H,19,22-23H2,1-5H3,(H,38,43). The number of nitrogens with zero attached hydrogens (tertiary/aromatic N) is 3. The normalized spacial score (nSPS) is 11.8. The maximum atomic E-state index is 14.7. The van der Waals surface area contributed by atoms with Crippen molar-refractivity contribution in [3.05, 3.63) is 123 Å². The molecule has 2 amide bonds. The number of methoxy groups -OCH3 is 2. The van der Waals surface area contributed by atoms with Gasteiger partial charge >= 0.3 is 0 Å². The van der Waals surface area contributed by atoms with Gasteiger partial charge in [0.05, 0.1) is 29.7 Å². The summed E-state index contributed by atoms with van der Waals surface area (Å²) in [4.78, 5) is 40.6. The first-order valence-corrected chi connectivity index (χ1v) is 17.4. The fourth-order valence-electron chi connectivity index (χ4n) is 5.35. The molecule has 50 heavy (non-hydrogen) atoms. The fourth-order valence-corrected chi connectivity index (χ4v) is 6.95. The smallest absolute Gasteiger partial charge is 0.273 e. The van der Waals surface area contributed by atoms with E-state index in [1.807, 2.05) is 30.3 Å². The lowest BCUT2D eigenvalue weighted by molar-refractivity contribution is -0.385. The maximum absolute atomic E-state index is 14.7. The van der Waals surface area contributed by atoms with Gasteiger partial charge in [-0.1, -0.05) is 60.1 Å². The third-order valence-corrected chi connectivity index (χ3v) is 9.83. The van der Waals surface area contributed by atoms with Gasteiger partial charge in [0.1, 0.15) is 24.1 Å². The van der Waals surface area contributed by atoms with E-state index in [1.54, 1.807) is 38.1 Å². The van der Waals surface area contributed by atoms with Crippen LogP contribution in [-0.4, -0.2) is 62.9 Å². The molecule has 0 aliphatic carbocycles. The zero-order valence-electron chi connectivity index (χ0n) is 28.3. The van der Waals surface area contributed by atoms with Crippen LogP contribution in [0.4, 0.5) is 11.4 Å². The summed E-state index contributed by atoms with van der Waals surface area (Å²) in [7, 11) is -1.85. The van der Waals surface area contributed by atoms with Gasteiger partial charge in [0.15, 0.2) is 0 Å². The van der Waals surface area contributed by atoms with Crippen LogP contribution in [0.25, 0.3) is 0 Å². The summed E-state index contributed by atoms with van der Waals surface area (Å²) in [6.45, 7) is 4.18. The molecule has 0 saturated carbocycles. The van der Waals surface area contributed by atoms with Crippen molar-refractivity contribution in [3.8, 4) is 11.5 Å². The number of anilines is 1. The quantitative estimate of drug-likeness (QED) is 0.117. The van der Waals surface area contributed by atoms with E-state index < -0.39 is 49.9 Å². The van der Waals surface area contributed by atoms with Crippen LogP contribution in [0.1, 0.15) is 30.5 Å². The average Bonchev–Trinajstić information content (AvgIpc) is 3.08. The highest BCUT2D eigenvalue weighted by Gasteiger charge is 2.36. The molecule has 0 aliphatic rings. The molecule has 4 aromatic rings. The first-order chi connectivity index (χ1) is 23.7. The Hall–Kier alpha value is -5.14. The molecule has 0 radical (unpaired) electrons. The average molecular weight is 723 g/mol. The summed E-state index contributed by atoms with van der Waals surface area (Å²) in [6.07, 6.45) is 0.118. The minimum absolute atomic E-state index is 0.0742. The van der Waals surface area contributed by atoms with E-state index in [2.05, 4.69) is 5.32 Å². The zero-order valence-corrected chi connectivity index (χ0v) is 29.9. The van der Waals surface area contributed by atoms with Gasteiger partial charge in [-0.3, -0.25) is 24.0 Å². The molecule has 0 aromatic heterocycles. The highest BCUT2D eigenvalue weighted by molar-refractivity contribution is 7.92. The number of hydrogen-bond donors (Lipinski definition) is 1. The van der Waals surface area contributed by atoms with Crippen LogP contribution in [0.15, 0.2) is 95.9 Å². The second-order valence-corrected chi connectivity index (χ2v) is 14.1. The van der Waals surface area contributed by atoms with E-state index in [0.717, 1.165) is 15.9 Å². The van der Waals surface area contributed by atoms with E-state index in [9.17, 15) is 28.1 Å². The number of sulfonamides is 1. The van der Waals surface area contributed by atoms with Crippen molar-refractivity contribution in [3.63, 3.8) is 0 Å². The van der Waals surface area contributed by atoms with Gasteiger partial charge in [0, 0.05) is 35.7 Å². The molecule has 4 rings (SSSR count). The summed E-state index contributed by atoms with van der Waals surface area (Å²) in [6, 6.07) is 22.5. The van der Waals surface area contributed by atoms with Crippen molar-refractivity contribution < 1.29 is 32.4 Å². The van der Waals surface area contributed by atoms with Crippen molar-refractivity contribution in [1.29, 1.82) is 0 Å². The van der Waals surface area contributed by atoms with Crippen molar-refractivity contribution in [2.45, 2.75) is 50.7 Å². The lowest BCUT2D eigenvalue weighted by Crippen LogP contribution is -2.54. The lowest BCUT2D eigenvalue weighted by atomic mass is 10.0. The number of nitrogens with one attached hydrogen (secondary N) is 1. The molecule has 0 aliphatic heterocycles. The van der Waals surface area contributed by atoms with Crippen molar-refractivity contribution in [2.24, 2.45) is 0 Å². The molecule has 0 saturated heterocycles. The molecule has 1 atom stereocenters. The molecule has 14 heteroatoms. The fraction of sp³-hybridized carbons (Fsp3) is 0.278. The molecule has 1 unspecified atom stereocenters. The Labute approximate surface area is 296 Å². The van der Waals surface area contributed by atoms with E-state index in [1.165, 1.54) is 56.4 Å². The SMILES string of the molecule is COc1cccc(CN(C(=O)CN(c2cc(Cl)ccc2OC)S(=O)(=O)c2ccc(C)c([N+](=O)[O-])c2)C(Cc2ccccc2)C(=O)NC(C)C)c1. The second-order valence-electron chi connectivity index (χ2n) is 11.8. The van der Waals surface area contributed by atoms with Gasteiger partial charge in [0.2, 0.25) is 11.8 Å². The number of ether oxygens (including phenoxy) is 2. The Bertz CT molecular complexity index is 1960. The number of carbonyl (C=O) groups excluding carboxylic acids is 2. The predicted molar refractivity (Wildman–Crippen MR) is 191 cm³/mol. The molecule has 0 heterocycles. The van der Waals surface area contributed by atoms with Crippen LogP contribution < -0.4 is 19.1 Å². The molecule has 0 spiro atoms. The lowest BCUT2D eigenvalue weighted by Gasteiger charge is -2.34. The largest absolute Gasteiger partial charge is 0.497 e. The van der Waals surface area contributed by atoms with Crippen molar-refractivity contribution >= 4 is 44.8 Å². The Morgan fingerprint density at radius 3 is 2.26 bits per heavy atom. The first-order valence-electron chi connectivity index (χ1n) is 15.6. The summed E-state index contributed by atoms with van der Waals surface area (Å²) >= 11 is 6.34. The van der Waals surface area contributed by atoms with Crippen LogP contribution >= 0.6 is 11.6 Å². The van der Waals surface area contributed by atoms with Gasteiger partial charge in [0.25, 0.3) is 15.7 Å². The Morgan fingerprint density at radius 2 is 1.62 bits per heavy atom. The number of amides is 2. The van der Waals surface area contributed by atoms with Crippen LogP contribution in [0.2, 0.25) is 5.02 Å². The van der Waals surface area contributed by atoms with E-state index >= 15 is 0 Å². The molecule has 0 bridgehead atoms. The molecule has 12 nitrogen and oxygen atoms in total. The number of nitro benzene ring substituents is 1. The van der Waals surface area contributed by atoms with Crippen molar-refractivity contribution in [2.75, 3.05) is 25.1 Å². The van der Waals surface area contributed by atoms with E-state index in [4.69, 9.17) is 21.1 Å². The molecule has 264 valence electrons. The van der Waals surface area contributed by atoms with E-state index in [0.29, 0.717) is 11.3 Å². The van der Waals surface area contributed by atoms with Gasteiger partial charge < -0.3 is 19.7 Å². The van der Waals surface area contributed by atoms with E-state index in [-0.39, 0.29) is 41.0 Å². The number of carbonyl (C=O) groups is 2. The van der Waals surface area contributed by atoms with Crippen LogP contribution in [-0.2, 0) is 32.6 Å². The first kappa shape index (κ1) is 37.7. The van der Waals surface area contributed by atoms with Gasteiger partial charge in [-0.2, -0.15) is 0 Å².